The maximum atomic E-state index is 12.2. The largest absolute Gasteiger partial charge is 0.300 e. The summed E-state index contributed by atoms with van der Waals surface area (Å²) in [6.07, 6.45) is 50.9. The highest BCUT2D eigenvalue weighted by atomic mass is 16.1. The van der Waals surface area contributed by atoms with Crippen molar-refractivity contribution >= 4 is 5.78 Å². The number of hydrogen-bond donors (Lipinski definition) is 0. The predicted molar refractivity (Wildman–Crippen MR) is 187 cm³/mol. The van der Waals surface area contributed by atoms with E-state index in [4.69, 9.17) is 0 Å². The van der Waals surface area contributed by atoms with Crippen LogP contribution < -0.4 is 0 Å². The molecule has 0 saturated heterocycles. The highest BCUT2D eigenvalue weighted by molar-refractivity contribution is 5.78. The second-order valence-corrected chi connectivity index (χ2v) is 13.7. The molecule has 246 valence electrons. The van der Waals surface area contributed by atoms with Gasteiger partial charge in [-0.1, -0.05) is 226 Å². The summed E-state index contributed by atoms with van der Waals surface area (Å²) < 4.78 is 0. The van der Waals surface area contributed by atoms with Gasteiger partial charge in [0.05, 0.1) is 0 Å². The third kappa shape index (κ3) is 37.6. The Balaban J connectivity index is 3.14. The van der Waals surface area contributed by atoms with Crippen molar-refractivity contribution in [1.29, 1.82) is 0 Å². The van der Waals surface area contributed by atoms with Gasteiger partial charge in [-0.25, -0.2) is 0 Å². The molecule has 0 aliphatic rings. The van der Waals surface area contributed by atoms with E-state index in [0.29, 0.717) is 5.78 Å². The summed E-state index contributed by atoms with van der Waals surface area (Å²) in [6.45, 7) is 4.60. The Bertz CT molecular complexity index is 469. The Labute approximate surface area is 261 Å². The molecule has 0 aliphatic carbocycles. The van der Waals surface area contributed by atoms with Crippen molar-refractivity contribution in [2.24, 2.45) is 0 Å². The lowest BCUT2D eigenvalue weighted by atomic mass is 10.0. The minimum Gasteiger partial charge on any atom is -0.300 e. The molecule has 0 rings (SSSR count). The first-order valence-electron chi connectivity index (χ1n) is 19.8. The van der Waals surface area contributed by atoms with Crippen molar-refractivity contribution in [3.8, 4) is 0 Å². The summed E-state index contributed by atoms with van der Waals surface area (Å²) in [5.74, 6) is 0.530. The molecule has 0 heterocycles. The first-order chi connectivity index (χ1) is 20.3. The monoisotopic (exact) mass is 577 g/mol. The van der Waals surface area contributed by atoms with Gasteiger partial charge in [-0.2, -0.15) is 0 Å². The summed E-state index contributed by atoms with van der Waals surface area (Å²) in [5, 5.41) is 0. The molecule has 0 saturated carbocycles. The molecule has 0 aromatic rings. The Morgan fingerprint density at radius 3 is 0.561 bits per heavy atom. The van der Waals surface area contributed by atoms with Crippen LogP contribution in [0, 0.1) is 0 Å². The minimum atomic E-state index is 0.530. The van der Waals surface area contributed by atoms with Crippen LogP contribution in [0.2, 0.25) is 0 Å². The standard InChI is InChI=1S/C40H80O/c1-3-5-7-9-11-13-15-17-19-20-21-22-23-25-27-29-31-33-35-37-39-40(41)38-36-34-32-30-28-26-24-18-16-14-12-10-8-6-4-2/h3-39H2,1-2H3. The molecule has 0 aliphatic heterocycles. The second-order valence-electron chi connectivity index (χ2n) is 13.7. The highest BCUT2D eigenvalue weighted by Gasteiger charge is 2.02. The van der Waals surface area contributed by atoms with Crippen LogP contribution in [0.15, 0.2) is 0 Å². The van der Waals surface area contributed by atoms with Gasteiger partial charge >= 0.3 is 0 Å². The summed E-state index contributed by atoms with van der Waals surface area (Å²) in [7, 11) is 0. The number of carbonyl (C=O) groups excluding carboxylic acids is 1. The van der Waals surface area contributed by atoms with Crippen LogP contribution >= 0.6 is 0 Å². The summed E-state index contributed by atoms with van der Waals surface area (Å²) in [6, 6.07) is 0. The molecule has 1 nitrogen and oxygen atoms in total. The van der Waals surface area contributed by atoms with Crippen LogP contribution in [0.25, 0.3) is 0 Å². The Morgan fingerprint density at radius 1 is 0.244 bits per heavy atom. The molecule has 0 atom stereocenters. The summed E-state index contributed by atoms with van der Waals surface area (Å²) >= 11 is 0. The molecule has 0 spiro atoms. The van der Waals surface area contributed by atoms with E-state index in [9.17, 15) is 4.79 Å². The van der Waals surface area contributed by atoms with Crippen LogP contribution in [0.4, 0.5) is 0 Å². The molecular weight excluding hydrogens is 496 g/mol. The van der Waals surface area contributed by atoms with Crippen LogP contribution in [-0.4, -0.2) is 5.78 Å². The van der Waals surface area contributed by atoms with Crippen LogP contribution in [-0.2, 0) is 4.79 Å². The van der Waals surface area contributed by atoms with Gasteiger partial charge in [-0.3, -0.25) is 4.79 Å². The van der Waals surface area contributed by atoms with Crippen LogP contribution in [0.3, 0.4) is 0 Å². The number of hydrogen-bond acceptors (Lipinski definition) is 1. The van der Waals surface area contributed by atoms with Crippen molar-refractivity contribution in [2.75, 3.05) is 0 Å². The van der Waals surface area contributed by atoms with Gasteiger partial charge < -0.3 is 0 Å². The van der Waals surface area contributed by atoms with Gasteiger partial charge in [-0.15, -0.1) is 0 Å². The average Bonchev–Trinajstić information content (AvgIpc) is 2.98. The van der Waals surface area contributed by atoms with Crippen LogP contribution in [0.5, 0.6) is 0 Å². The number of carbonyl (C=O) groups is 1. The van der Waals surface area contributed by atoms with Crippen molar-refractivity contribution in [2.45, 2.75) is 251 Å². The fraction of sp³-hybridized carbons (Fsp3) is 0.975. The third-order valence-electron chi connectivity index (χ3n) is 9.37. The van der Waals surface area contributed by atoms with Gasteiger partial charge in [0.15, 0.2) is 0 Å². The number of unbranched alkanes of at least 4 members (excludes halogenated alkanes) is 33. The zero-order valence-electron chi connectivity index (χ0n) is 29.1. The Kier molecular flexibility index (Phi) is 37.4. The van der Waals surface area contributed by atoms with Gasteiger partial charge in [0, 0.05) is 12.8 Å². The molecule has 0 aromatic carbocycles. The van der Waals surface area contributed by atoms with Gasteiger partial charge in [0.25, 0.3) is 0 Å². The van der Waals surface area contributed by atoms with Crippen molar-refractivity contribution in [3.63, 3.8) is 0 Å². The lowest BCUT2D eigenvalue weighted by molar-refractivity contribution is -0.119. The molecule has 1 heteroatoms. The lowest BCUT2D eigenvalue weighted by Crippen LogP contribution is -1.97. The van der Waals surface area contributed by atoms with Crippen molar-refractivity contribution < 1.29 is 4.79 Å². The van der Waals surface area contributed by atoms with E-state index >= 15 is 0 Å². The SMILES string of the molecule is CCCCCCCCCCCCCCCCCCCCCCC(=O)CCCCCCCCCCCCCCCCC. The van der Waals surface area contributed by atoms with Gasteiger partial charge in [0.1, 0.15) is 5.78 Å². The van der Waals surface area contributed by atoms with E-state index < -0.39 is 0 Å². The maximum Gasteiger partial charge on any atom is 0.132 e. The van der Waals surface area contributed by atoms with Crippen LogP contribution in [0.1, 0.15) is 251 Å². The molecule has 0 N–H and O–H groups in total. The average molecular weight is 577 g/mol. The topological polar surface area (TPSA) is 17.1 Å². The van der Waals surface area contributed by atoms with Crippen molar-refractivity contribution in [3.05, 3.63) is 0 Å². The van der Waals surface area contributed by atoms with Gasteiger partial charge in [0.2, 0.25) is 0 Å². The quantitative estimate of drug-likeness (QED) is 0.0672. The molecular formula is C40H80O. The van der Waals surface area contributed by atoms with E-state index in [2.05, 4.69) is 13.8 Å². The Morgan fingerprint density at radius 2 is 0.390 bits per heavy atom. The number of ketones is 1. The molecule has 0 fully saturated rings. The van der Waals surface area contributed by atoms with E-state index in [0.717, 1.165) is 25.7 Å². The molecule has 0 radical (unpaired) electrons. The molecule has 41 heavy (non-hydrogen) atoms. The zero-order chi connectivity index (χ0) is 29.7. The predicted octanol–water partition coefficient (Wildman–Crippen LogP) is 15.0. The first-order valence-corrected chi connectivity index (χ1v) is 19.8. The van der Waals surface area contributed by atoms with Crippen molar-refractivity contribution in [1.82, 2.24) is 0 Å². The normalized spacial score (nSPS) is 11.5. The van der Waals surface area contributed by atoms with E-state index in [-0.39, 0.29) is 0 Å². The maximum absolute atomic E-state index is 12.2. The zero-order valence-corrected chi connectivity index (χ0v) is 29.1. The fourth-order valence-electron chi connectivity index (χ4n) is 6.40. The second kappa shape index (κ2) is 37.7. The van der Waals surface area contributed by atoms with Gasteiger partial charge in [-0.05, 0) is 12.8 Å². The Hall–Kier alpha value is -0.330. The molecule has 0 amide bonds. The van der Waals surface area contributed by atoms with E-state index in [1.807, 2.05) is 0 Å². The summed E-state index contributed by atoms with van der Waals surface area (Å²) in [5.41, 5.74) is 0. The smallest absolute Gasteiger partial charge is 0.132 e. The first kappa shape index (κ1) is 40.7. The minimum absolute atomic E-state index is 0.530. The number of rotatable bonds is 37. The molecule has 0 bridgehead atoms. The summed E-state index contributed by atoms with van der Waals surface area (Å²) in [4.78, 5) is 12.2. The van der Waals surface area contributed by atoms with E-state index in [1.54, 1.807) is 0 Å². The lowest BCUT2D eigenvalue weighted by Gasteiger charge is -2.05. The van der Waals surface area contributed by atoms with E-state index in [1.165, 1.54) is 212 Å². The fourth-order valence-corrected chi connectivity index (χ4v) is 6.40. The molecule has 0 aromatic heterocycles. The third-order valence-corrected chi connectivity index (χ3v) is 9.37. The molecule has 0 unspecified atom stereocenters. The highest BCUT2D eigenvalue weighted by Crippen LogP contribution is 2.17. The number of Topliss-reactive ketones (excluding diaryl/α,β-unsaturated/α-hetero) is 1.